The van der Waals surface area contributed by atoms with E-state index in [9.17, 15) is 0 Å². The number of benzene rings is 1. The summed E-state index contributed by atoms with van der Waals surface area (Å²) in [5.41, 5.74) is 2.19. The average Bonchev–Trinajstić information content (AvgIpc) is 3.16. The summed E-state index contributed by atoms with van der Waals surface area (Å²) < 4.78 is 0. The molecular formula is C21H32IN5S. The number of halogens is 1. The highest BCUT2D eigenvalue weighted by molar-refractivity contribution is 14.0. The molecule has 0 saturated carbocycles. The fraction of sp³-hybridized carbons (Fsp3) is 0.524. The third-order valence-electron chi connectivity index (χ3n) is 4.92. The molecule has 0 bridgehead atoms. The molecule has 0 radical (unpaired) electrons. The number of thiazole rings is 1. The molecule has 0 atom stereocenters. The van der Waals surface area contributed by atoms with Gasteiger partial charge in [-0.25, -0.2) is 9.98 Å². The molecule has 0 aliphatic carbocycles. The third kappa shape index (κ3) is 6.70. The standard InChI is InChI=1S/C21H31N5S.HI/c1-4-22-21(25-18-10-12-26(13-11-18)16(2)3)23-14-19-15-27-20(24-19)17-8-6-5-7-9-17;/h5-9,15-16,18H,4,10-14H2,1-3H3,(H2,22,23,25);1H. The molecule has 7 heteroatoms. The summed E-state index contributed by atoms with van der Waals surface area (Å²) in [6.07, 6.45) is 2.33. The van der Waals surface area contributed by atoms with Crippen molar-refractivity contribution >= 4 is 41.3 Å². The number of nitrogens with zero attached hydrogens (tertiary/aromatic N) is 3. The van der Waals surface area contributed by atoms with E-state index >= 15 is 0 Å². The lowest BCUT2D eigenvalue weighted by molar-refractivity contribution is 0.167. The first-order chi connectivity index (χ1) is 13.2. The van der Waals surface area contributed by atoms with Crippen molar-refractivity contribution in [3.05, 3.63) is 41.4 Å². The highest BCUT2D eigenvalue weighted by Crippen LogP contribution is 2.23. The molecule has 154 valence electrons. The fourth-order valence-corrected chi connectivity index (χ4v) is 4.14. The number of rotatable bonds is 6. The van der Waals surface area contributed by atoms with E-state index < -0.39 is 0 Å². The summed E-state index contributed by atoms with van der Waals surface area (Å²) in [5.74, 6) is 0.898. The minimum atomic E-state index is 0. The van der Waals surface area contributed by atoms with Gasteiger partial charge in [0.1, 0.15) is 5.01 Å². The van der Waals surface area contributed by atoms with Crippen LogP contribution >= 0.6 is 35.3 Å². The van der Waals surface area contributed by atoms with Gasteiger partial charge in [0.25, 0.3) is 0 Å². The minimum Gasteiger partial charge on any atom is -0.357 e. The Balaban J connectivity index is 0.00000280. The van der Waals surface area contributed by atoms with E-state index in [0.29, 0.717) is 18.6 Å². The van der Waals surface area contributed by atoms with Gasteiger partial charge < -0.3 is 15.5 Å². The Morgan fingerprint density at radius 2 is 1.96 bits per heavy atom. The second-order valence-electron chi connectivity index (χ2n) is 7.25. The van der Waals surface area contributed by atoms with Crippen LogP contribution in [-0.2, 0) is 6.54 Å². The Hall–Kier alpha value is -1.19. The predicted octanol–water partition coefficient (Wildman–Crippen LogP) is 4.36. The van der Waals surface area contributed by atoms with Gasteiger partial charge >= 0.3 is 0 Å². The monoisotopic (exact) mass is 513 g/mol. The summed E-state index contributed by atoms with van der Waals surface area (Å²) >= 11 is 1.68. The molecule has 1 aliphatic heterocycles. The molecular weight excluding hydrogens is 481 g/mol. The molecule has 0 spiro atoms. The summed E-state index contributed by atoms with van der Waals surface area (Å²) in [6, 6.07) is 11.5. The van der Waals surface area contributed by atoms with Gasteiger partial charge in [0.05, 0.1) is 12.2 Å². The zero-order chi connectivity index (χ0) is 19.1. The molecule has 1 aromatic heterocycles. The summed E-state index contributed by atoms with van der Waals surface area (Å²) in [6.45, 7) is 10.4. The van der Waals surface area contributed by atoms with Crippen molar-refractivity contribution < 1.29 is 0 Å². The van der Waals surface area contributed by atoms with Gasteiger partial charge in [0.2, 0.25) is 0 Å². The van der Waals surface area contributed by atoms with Gasteiger partial charge in [-0.1, -0.05) is 30.3 Å². The summed E-state index contributed by atoms with van der Waals surface area (Å²) in [4.78, 5) is 12.0. The van der Waals surface area contributed by atoms with Crippen molar-refractivity contribution in [3.63, 3.8) is 0 Å². The predicted molar refractivity (Wildman–Crippen MR) is 131 cm³/mol. The molecule has 2 heterocycles. The zero-order valence-corrected chi connectivity index (χ0v) is 20.2. The Morgan fingerprint density at radius 1 is 1.25 bits per heavy atom. The minimum absolute atomic E-state index is 0. The Bertz CT molecular complexity index is 723. The van der Waals surface area contributed by atoms with E-state index in [-0.39, 0.29) is 24.0 Å². The van der Waals surface area contributed by atoms with Crippen LogP contribution in [0.5, 0.6) is 0 Å². The molecule has 0 unspecified atom stereocenters. The number of likely N-dealkylation sites (tertiary alicyclic amines) is 1. The smallest absolute Gasteiger partial charge is 0.191 e. The van der Waals surface area contributed by atoms with Gasteiger partial charge in [0.15, 0.2) is 5.96 Å². The van der Waals surface area contributed by atoms with Crippen LogP contribution < -0.4 is 10.6 Å². The first-order valence-corrected chi connectivity index (χ1v) is 10.8. The molecule has 1 aliphatic rings. The van der Waals surface area contributed by atoms with E-state index in [1.54, 1.807) is 11.3 Å². The lowest BCUT2D eigenvalue weighted by atomic mass is 10.0. The van der Waals surface area contributed by atoms with Crippen LogP contribution in [0.15, 0.2) is 40.7 Å². The van der Waals surface area contributed by atoms with E-state index in [2.05, 4.69) is 53.8 Å². The topological polar surface area (TPSA) is 52.6 Å². The van der Waals surface area contributed by atoms with E-state index in [1.807, 2.05) is 18.2 Å². The van der Waals surface area contributed by atoms with Crippen LogP contribution in [0.25, 0.3) is 10.6 Å². The summed E-state index contributed by atoms with van der Waals surface area (Å²) in [7, 11) is 0. The third-order valence-corrected chi connectivity index (χ3v) is 5.86. The van der Waals surface area contributed by atoms with Crippen molar-refractivity contribution in [1.82, 2.24) is 20.5 Å². The molecule has 2 N–H and O–H groups in total. The molecule has 1 aromatic carbocycles. The zero-order valence-electron chi connectivity index (χ0n) is 17.0. The lowest BCUT2D eigenvalue weighted by Crippen LogP contribution is -2.49. The lowest BCUT2D eigenvalue weighted by Gasteiger charge is -2.35. The van der Waals surface area contributed by atoms with Crippen molar-refractivity contribution in [2.45, 2.75) is 52.2 Å². The second-order valence-corrected chi connectivity index (χ2v) is 8.11. The van der Waals surface area contributed by atoms with Crippen molar-refractivity contribution in [2.75, 3.05) is 19.6 Å². The number of piperidine rings is 1. The number of hydrogen-bond donors (Lipinski definition) is 2. The van der Waals surface area contributed by atoms with E-state index in [4.69, 9.17) is 9.98 Å². The van der Waals surface area contributed by atoms with Crippen molar-refractivity contribution in [3.8, 4) is 10.6 Å². The van der Waals surface area contributed by atoms with Gasteiger partial charge in [-0.3, -0.25) is 0 Å². The van der Waals surface area contributed by atoms with Gasteiger partial charge in [-0.05, 0) is 33.6 Å². The van der Waals surface area contributed by atoms with Crippen LogP contribution in [0.3, 0.4) is 0 Å². The maximum absolute atomic E-state index is 4.76. The Morgan fingerprint density at radius 3 is 2.61 bits per heavy atom. The highest BCUT2D eigenvalue weighted by atomic mass is 127. The molecule has 0 amide bonds. The first-order valence-electron chi connectivity index (χ1n) is 9.94. The number of nitrogens with one attached hydrogen (secondary N) is 2. The maximum Gasteiger partial charge on any atom is 0.191 e. The maximum atomic E-state index is 4.76. The number of aromatic nitrogens is 1. The normalized spacial score (nSPS) is 16.1. The Kier molecular flexibility index (Phi) is 9.67. The molecule has 1 saturated heterocycles. The SMILES string of the molecule is CCNC(=NCc1csc(-c2ccccc2)n1)NC1CCN(C(C)C)CC1.I. The van der Waals surface area contributed by atoms with E-state index in [1.165, 1.54) is 5.56 Å². The van der Waals surface area contributed by atoms with Crippen molar-refractivity contribution in [2.24, 2.45) is 4.99 Å². The summed E-state index contributed by atoms with van der Waals surface area (Å²) in [5, 5.41) is 10.1. The van der Waals surface area contributed by atoms with Crippen LogP contribution in [-0.4, -0.2) is 47.6 Å². The quantitative estimate of drug-likeness (QED) is 0.343. The fourth-order valence-electron chi connectivity index (χ4n) is 3.33. The van der Waals surface area contributed by atoms with Crippen molar-refractivity contribution in [1.29, 1.82) is 0 Å². The van der Waals surface area contributed by atoms with Crippen LogP contribution in [0, 0.1) is 0 Å². The largest absolute Gasteiger partial charge is 0.357 e. The second kappa shape index (κ2) is 11.7. The highest BCUT2D eigenvalue weighted by Gasteiger charge is 2.21. The molecule has 28 heavy (non-hydrogen) atoms. The van der Waals surface area contributed by atoms with Crippen LogP contribution in [0.4, 0.5) is 0 Å². The molecule has 2 aromatic rings. The molecule has 1 fully saturated rings. The van der Waals surface area contributed by atoms with Crippen LogP contribution in [0.2, 0.25) is 0 Å². The van der Waals surface area contributed by atoms with Gasteiger partial charge in [-0.2, -0.15) is 0 Å². The number of hydrogen-bond acceptors (Lipinski definition) is 4. The Labute approximate surface area is 190 Å². The molecule has 3 rings (SSSR count). The average molecular weight is 513 g/mol. The van der Waals surface area contributed by atoms with E-state index in [0.717, 1.165) is 49.1 Å². The first kappa shape index (κ1) is 23.1. The number of guanidine groups is 1. The van der Waals surface area contributed by atoms with Gasteiger partial charge in [0, 0.05) is 42.7 Å². The van der Waals surface area contributed by atoms with Crippen LogP contribution in [0.1, 0.15) is 39.3 Å². The van der Waals surface area contributed by atoms with Gasteiger partial charge in [-0.15, -0.1) is 35.3 Å². The number of aliphatic imine (C=N–C) groups is 1. The molecule has 5 nitrogen and oxygen atoms in total.